The molecule has 3 rings (SSSR count). The van der Waals surface area contributed by atoms with Gasteiger partial charge in [0.1, 0.15) is 0 Å². The Kier molecular flexibility index (Phi) is 1.78. The molecule has 2 aromatic rings. The summed E-state index contributed by atoms with van der Waals surface area (Å²) >= 11 is 0. The lowest BCUT2D eigenvalue weighted by Gasteiger charge is -2.19. The zero-order valence-corrected chi connectivity index (χ0v) is 9.20. The molecule has 3 N–H and O–H groups in total. The number of carbonyl (C=O) groups excluding carboxylic acids is 2. The average molecular weight is 226 g/mol. The summed E-state index contributed by atoms with van der Waals surface area (Å²) in [6, 6.07) is 7.26. The second-order valence-corrected chi connectivity index (χ2v) is 4.17. The van der Waals surface area contributed by atoms with Crippen LogP contribution in [0.1, 0.15) is 26.3 Å². The number of nitrogen functional groups attached to an aromatic ring is 1. The van der Waals surface area contributed by atoms with Gasteiger partial charge in [-0.25, -0.2) is 0 Å². The van der Waals surface area contributed by atoms with Crippen LogP contribution in [0.25, 0.3) is 10.8 Å². The molecule has 0 bridgehead atoms. The summed E-state index contributed by atoms with van der Waals surface area (Å²) < 4.78 is 0. The minimum Gasteiger partial charge on any atom is -0.398 e. The highest BCUT2D eigenvalue weighted by Crippen LogP contribution is 2.32. The van der Waals surface area contributed by atoms with Gasteiger partial charge in [0.05, 0.1) is 5.56 Å². The lowest BCUT2D eigenvalue weighted by molar-refractivity contribution is 0.0845. The van der Waals surface area contributed by atoms with Gasteiger partial charge in [0.15, 0.2) is 0 Å². The van der Waals surface area contributed by atoms with E-state index in [4.69, 9.17) is 5.73 Å². The van der Waals surface area contributed by atoms with E-state index in [-0.39, 0.29) is 5.91 Å². The normalized spacial score (nSPS) is 13.9. The van der Waals surface area contributed by atoms with Crippen molar-refractivity contribution in [1.29, 1.82) is 0 Å². The van der Waals surface area contributed by atoms with E-state index in [2.05, 4.69) is 5.32 Å². The fourth-order valence-corrected chi connectivity index (χ4v) is 2.27. The van der Waals surface area contributed by atoms with Gasteiger partial charge in [0.25, 0.3) is 11.8 Å². The van der Waals surface area contributed by atoms with E-state index in [9.17, 15) is 9.59 Å². The number of benzene rings is 2. The largest absolute Gasteiger partial charge is 0.398 e. The van der Waals surface area contributed by atoms with Crippen LogP contribution in [0.3, 0.4) is 0 Å². The molecule has 1 aliphatic rings. The summed E-state index contributed by atoms with van der Waals surface area (Å²) in [5.74, 6) is -0.781. The molecular formula is C13H10N2O2. The van der Waals surface area contributed by atoms with Crippen molar-refractivity contribution in [3.05, 3.63) is 41.0 Å². The predicted molar refractivity (Wildman–Crippen MR) is 64.9 cm³/mol. The second kappa shape index (κ2) is 3.07. The molecule has 0 spiro atoms. The number of nitrogens with one attached hydrogen (secondary N) is 1. The maximum Gasteiger partial charge on any atom is 0.260 e. The zero-order valence-electron chi connectivity index (χ0n) is 9.20. The Morgan fingerprint density at radius 1 is 1.18 bits per heavy atom. The molecule has 0 aliphatic carbocycles. The summed E-state index contributed by atoms with van der Waals surface area (Å²) in [5.41, 5.74) is 8.12. The van der Waals surface area contributed by atoms with Gasteiger partial charge >= 0.3 is 0 Å². The molecule has 0 radical (unpaired) electrons. The van der Waals surface area contributed by atoms with E-state index in [0.29, 0.717) is 22.2 Å². The summed E-state index contributed by atoms with van der Waals surface area (Å²) in [7, 11) is 0. The van der Waals surface area contributed by atoms with Crippen LogP contribution in [-0.4, -0.2) is 11.8 Å². The molecule has 4 nitrogen and oxygen atoms in total. The van der Waals surface area contributed by atoms with Gasteiger partial charge in [-0.05, 0) is 30.0 Å². The van der Waals surface area contributed by atoms with E-state index in [1.807, 2.05) is 19.1 Å². The lowest BCUT2D eigenvalue weighted by atomic mass is 9.92. The molecule has 1 aliphatic heterocycles. The van der Waals surface area contributed by atoms with Crippen LogP contribution in [0.15, 0.2) is 24.3 Å². The number of nitrogens with two attached hydrogens (primary N) is 1. The van der Waals surface area contributed by atoms with Crippen LogP contribution in [-0.2, 0) is 0 Å². The van der Waals surface area contributed by atoms with E-state index < -0.39 is 5.91 Å². The molecule has 0 saturated carbocycles. The van der Waals surface area contributed by atoms with Crippen LogP contribution >= 0.6 is 0 Å². The topological polar surface area (TPSA) is 72.2 Å². The van der Waals surface area contributed by atoms with Crippen LogP contribution in [0.4, 0.5) is 5.69 Å². The third-order valence-electron chi connectivity index (χ3n) is 3.11. The highest BCUT2D eigenvalue weighted by atomic mass is 16.2. The van der Waals surface area contributed by atoms with Gasteiger partial charge in [-0.1, -0.05) is 12.1 Å². The number of rotatable bonds is 0. The van der Waals surface area contributed by atoms with E-state index in [1.165, 1.54) is 0 Å². The number of anilines is 1. The first kappa shape index (κ1) is 9.84. The molecule has 84 valence electrons. The minimum atomic E-state index is -0.417. The number of hydrogen-bond donors (Lipinski definition) is 2. The van der Waals surface area contributed by atoms with Crippen LogP contribution in [0.5, 0.6) is 0 Å². The number of carbonyl (C=O) groups is 2. The molecule has 2 aromatic carbocycles. The fourth-order valence-electron chi connectivity index (χ4n) is 2.27. The van der Waals surface area contributed by atoms with Gasteiger partial charge in [-0.15, -0.1) is 0 Å². The van der Waals surface area contributed by atoms with Gasteiger partial charge < -0.3 is 5.73 Å². The molecule has 1 heterocycles. The molecule has 0 unspecified atom stereocenters. The summed E-state index contributed by atoms with van der Waals surface area (Å²) in [6.07, 6.45) is 0. The van der Waals surface area contributed by atoms with Crippen LogP contribution in [0, 0.1) is 6.92 Å². The molecule has 0 fully saturated rings. The molecule has 0 atom stereocenters. The van der Waals surface area contributed by atoms with E-state index in [1.54, 1.807) is 12.1 Å². The molecule has 2 amide bonds. The van der Waals surface area contributed by atoms with E-state index >= 15 is 0 Å². The first-order chi connectivity index (χ1) is 8.09. The van der Waals surface area contributed by atoms with Crippen molar-refractivity contribution in [2.75, 3.05) is 5.73 Å². The van der Waals surface area contributed by atoms with Gasteiger partial charge in [0.2, 0.25) is 0 Å². The average Bonchev–Trinajstić information content (AvgIpc) is 2.28. The highest BCUT2D eigenvalue weighted by Gasteiger charge is 2.27. The third-order valence-corrected chi connectivity index (χ3v) is 3.11. The van der Waals surface area contributed by atoms with Crippen molar-refractivity contribution in [1.82, 2.24) is 5.32 Å². The third kappa shape index (κ3) is 1.18. The number of hydrogen-bond acceptors (Lipinski definition) is 3. The molecule has 0 saturated heterocycles. The summed E-state index contributed by atoms with van der Waals surface area (Å²) in [6.45, 7) is 1.85. The Labute approximate surface area is 97.4 Å². The van der Waals surface area contributed by atoms with Crippen molar-refractivity contribution < 1.29 is 9.59 Å². The first-order valence-electron chi connectivity index (χ1n) is 5.27. The van der Waals surface area contributed by atoms with Crippen LogP contribution < -0.4 is 11.1 Å². The number of amides is 2. The lowest BCUT2D eigenvalue weighted by Crippen LogP contribution is -2.35. The summed E-state index contributed by atoms with van der Waals surface area (Å²) in [5, 5.41) is 3.83. The smallest absolute Gasteiger partial charge is 0.260 e. The Morgan fingerprint density at radius 2 is 1.94 bits per heavy atom. The maximum atomic E-state index is 11.8. The van der Waals surface area contributed by atoms with Crippen molar-refractivity contribution in [3.8, 4) is 0 Å². The quantitative estimate of drug-likeness (QED) is 0.529. The van der Waals surface area contributed by atoms with Crippen molar-refractivity contribution >= 4 is 28.3 Å². The monoisotopic (exact) mass is 226 g/mol. The highest BCUT2D eigenvalue weighted by molar-refractivity contribution is 6.27. The Hall–Kier alpha value is -2.36. The van der Waals surface area contributed by atoms with Gasteiger partial charge in [0, 0.05) is 16.6 Å². The maximum absolute atomic E-state index is 11.8. The summed E-state index contributed by atoms with van der Waals surface area (Å²) in [4.78, 5) is 23.5. The molecule has 17 heavy (non-hydrogen) atoms. The Bertz CT molecular complexity index is 689. The molecule has 0 aromatic heterocycles. The number of imide groups is 1. The number of aryl methyl sites for hydroxylation is 1. The second-order valence-electron chi connectivity index (χ2n) is 4.17. The van der Waals surface area contributed by atoms with Crippen molar-refractivity contribution in [2.45, 2.75) is 6.92 Å². The van der Waals surface area contributed by atoms with Crippen LogP contribution in [0.2, 0.25) is 0 Å². The van der Waals surface area contributed by atoms with Gasteiger partial charge in [-0.3, -0.25) is 14.9 Å². The SMILES string of the molecule is Cc1cc2cccc3c2c(c1N)C(=O)NC3=O. The Balaban J connectivity index is 2.60. The van der Waals surface area contributed by atoms with Crippen molar-refractivity contribution in [2.24, 2.45) is 0 Å². The van der Waals surface area contributed by atoms with Gasteiger partial charge in [-0.2, -0.15) is 0 Å². The van der Waals surface area contributed by atoms with E-state index in [0.717, 1.165) is 10.9 Å². The fraction of sp³-hybridized carbons (Fsp3) is 0.0769. The van der Waals surface area contributed by atoms with Crippen molar-refractivity contribution in [3.63, 3.8) is 0 Å². The first-order valence-corrected chi connectivity index (χ1v) is 5.27. The predicted octanol–water partition coefficient (Wildman–Crippen LogP) is 1.61. The standard InChI is InChI=1S/C13H10N2O2/c1-6-5-7-3-2-4-8-9(7)10(11(6)14)13(17)15-12(8)16/h2-5H,14H2,1H3,(H,15,16,17). The Morgan fingerprint density at radius 3 is 2.71 bits per heavy atom. The minimum absolute atomic E-state index is 0.364. The molecule has 4 heteroatoms. The molecular weight excluding hydrogens is 216 g/mol. The zero-order chi connectivity index (χ0) is 12.2.